The quantitative estimate of drug-likeness (QED) is 0.353. The summed E-state index contributed by atoms with van der Waals surface area (Å²) in [7, 11) is -3.70. The molecule has 3 rings (SSSR count). The van der Waals surface area contributed by atoms with Crippen LogP contribution in [0.5, 0.6) is 0 Å². The fourth-order valence-electron chi connectivity index (χ4n) is 2.93. The first kappa shape index (κ1) is 23.3. The van der Waals surface area contributed by atoms with Crippen LogP contribution in [0.25, 0.3) is 0 Å². The minimum Gasteiger partial charge on any atom is -0.379 e. The molecule has 0 saturated carbocycles. The second-order valence-corrected chi connectivity index (χ2v) is 9.92. The van der Waals surface area contributed by atoms with Gasteiger partial charge in [0.1, 0.15) is 0 Å². The van der Waals surface area contributed by atoms with E-state index in [2.05, 4.69) is 10.9 Å². The van der Waals surface area contributed by atoms with Crippen LogP contribution in [0.4, 0.5) is 0 Å². The van der Waals surface area contributed by atoms with Crippen molar-refractivity contribution in [1.29, 1.82) is 0 Å². The predicted octanol–water partition coefficient (Wildman–Crippen LogP) is 2.04. The molecule has 10 heteroatoms. The van der Waals surface area contributed by atoms with E-state index in [1.807, 2.05) is 30.3 Å². The topological polar surface area (TPSA) is 105 Å². The minimum atomic E-state index is -3.70. The van der Waals surface area contributed by atoms with Crippen molar-refractivity contribution in [3.05, 3.63) is 60.2 Å². The fraction of sp³-hybridized carbons (Fsp3) is 0.333. The van der Waals surface area contributed by atoms with Gasteiger partial charge in [-0.1, -0.05) is 24.3 Å². The summed E-state index contributed by atoms with van der Waals surface area (Å²) >= 11 is 1.66. The number of carbonyl (C=O) groups excluding carboxylic acids is 2. The van der Waals surface area contributed by atoms with Crippen LogP contribution >= 0.6 is 11.8 Å². The molecule has 0 atom stereocenters. The second kappa shape index (κ2) is 11.3. The highest BCUT2D eigenvalue weighted by Gasteiger charge is 2.26. The zero-order valence-corrected chi connectivity index (χ0v) is 18.6. The number of nitrogens with zero attached hydrogens (tertiary/aromatic N) is 1. The number of hydrazine groups is 1. The molecule has 0 spiro atoms. The summed E-state index contributed by atoms with van der Waals surface area (Å²) in [6.07, 6.45) is 0.931. The van der Waals surface area contributed by atoms with Crippen molar-refractivity contribution < 1.29 is 22.7 Å². The molecule has 1 fully saturated rings. The number of morpholine rings is 1. The molecule has 2 amide bonds. The number of ether oxygens (including phenoxy) is 1. The molecule has 2 aromatic carbocycles. The lowest BCUT2D eigenvalue weighted by Crippen LogP contribution is -2.42. The van der Waals surface area contributed by atoms with Crippen LogP contribution in [-0.4, -0.2) is 56.6 Å². The summed E-state index contributed by atoms with van der Waals surface area (Å²) in [6, 6.07) is 15.7. The predicted molar refractivity (Wildman–Crippen MR) is 118 cm³/mol. The third-order valence-corrected chi connectivity index (χ3v) is 7.57. The van der Waals surface area contributed by atoms with Crippen molar-refractivity contribution >= 4 is 33.6 Å². The standard InChI is InChI=1S/C21H25N3O5S2/c25-20(10-5-15-30-18-7-2-1-3-8-18)22-23-21(26)17-6-4-9-19(16-17)31(27,28)24-11-13-29-14-12-24/h1-4,6-9,16H,5,10-15H2,(H,22,25)(H,23,26). The van der Waals surface area contributed by atoms with Gasteiger partial charge in [-0.2, -0.15) is 4.31 Å². The van der Waals surface area contributed by atoms with Gasteiger partial charge in [0, 0.05) is 30.0 Å². The van der Waals surface area contributed by atoms with Gasteiger partial charge in [-0.3, -0.25) is 20.4 Å². The average molecular weight is 464 g/mol. The fourth-order valence-corrected chi connectivity index (χ4v) is 5.26. The number of amides is 2. The van der Waals surface area contributed by atoms with E-state index in [1.54, 1.807) is 11.8 Å². The molecule has 2 N–H and O–H groups in total. The Morgan fingerprint density at radius 2 is 1.74 bits per heavy atom. The van der Waals surface area contributed by atoms with E-state index < -0.39 is 15.9 Å². The number of hydrogen-bond acceptors (Lipinski definition) is 6. The summed E-state index contributed by atoms with van der Waals surface area (Å²) in [5.41, 5.74) is 4.87. The SMILES string of the molecule is O=C(CCCSc1ccccc1)NNC(=O)c1cccc(S(=O)(=O)N2CCOCC2)c1. The monoisotopic (exact) mass is 463 g/mol. The van der Waals surface area contributed by atoms with Gasteiger partial charge in [-0.15, -0.1) is 11.8 Å². The van der Waals surface area contributed by atoms with Crippen LogP contribution in [0.15, 0.2) is 64.4 Å². The zero-order valence-electron chi connectivity index (χ0n) is 17.0. The van der Waals surface area contributed by atoms with E-state index in [0.29, 0.717) is 19.6 Å². The van der Waals surface area contributed by atoms with Crippen LogP contribution in [0.3, 0.4) is 0 Å². The van der Waals surface area contributed by atoms with E-state index in [-0.39, 0.29) is 35.9 Å². The Morgan fingerprint density at radius 3 is 2.48 bits per heavy atom. The molecule has 1 aliphatic heterocycles. The molecular weight excluding hydrogens is 438 g/mol. The van der Waals surface area contributed by atoms with Gasteiger partial charge in [0.2, 0.25) is 15.9 Å². The van der Waals surface area contributed by atoms with Gasteiger partial charge in [-0.05, 0) is 42.5 Å². The van der Waals surface area contributed by atoms with Crippen molar-refractivity contribution in [1.82, 2.24) is 15.2 Å². The molecule has 31 heavy (non-hydrogen) atoms. The Morgan fingerprint density at radius 1 is 1.00 bits per heavy atom. The Balaban J connectivity index is 1.47. The number of hydrogen-bond donors (Lipinski definition) is 2. The summed E-state index contributed by atoms with van der Waals surface area (Å²) in [4.78, 5) is 25.5. The third kappa shape index (κ3) is 6.79. The zero-order chi connectivity index (χ0) is 22.1. The summed E-state index contributed by atoms with van der Waals surface area (Å²) in [5.74, 6) is -0.0996. The first-order chi connectivity index (χ1) is 15.0. The number of rotatable bonds is 8. The molecule has 1 heterocycles. The van der Waals surface area contributed by atoms with E-state index in [0.717, 1.165) is 10.6 Å². The Kier molecular flexibility index (Phi) is 8.47. The van der Waals surface area contributed by atoms with E-state index >= 15 is 0 Å². The maximum absolute atomic E-state index is 12.7. The summed E-state index contributed by atoms with van der Waals surface area (Å²) < 4.78 is 32.0. The second-order valence-electron chi connectivity index (χ2n) is 6.81. The first-order valence-corrected chi connectivity index (χ1v) is 12.3. The summed E-state index contributed by atoms with van der Waals surface area (Å²) in [5, 5.41) is 0. The molecule has 0 aliphatic carbocycles. The minimum absolute atomic E-state index is 0.0336. The lowest BCUT2D eigenvalue weighted by molar-refractivity contribution is -0.121. The smallest absolute Gasteiger partial charge is 0.269 e. The maximum Gasteiger partial charge on any atom is 0.269 e. The van der Waals surface area contributed by atoms with Crippen LogP contribution in [-0.2, 0) is 19.6 Å². The Labute approximate surface area is 186 Å². The molecular formula is C21H25N3O5S2. The molecule has 1 aliphatic rings. The highest BCUT2D eigenvalue weighted by molar-refractivity contribution is 7.99. The number of nitrogens with one attached hydrogen (secondary N) is 2. The molecule has 0 radical (unpaired) electrons. The van der Waals surface area contributed by atoms with E-state index in [9.17, 15) is 18.0 Å². The van der Waals surface area contributed by atoms with Gasteiger partial charge in [0.05, 0.1) is 18.1 Å². The first-order valence-electron chi connectivity index (χ1n) is 9.92. The van der Waals surface area contributed by atoms with Gasteiger partial charge in [-0.25, -0.2) is 8.42 Å². The lowest BCUT2D eigenvalue weighted by Gasteiger charge is -2.26. The number of sulfonamides is 1. The van der Waals surface area contributed by atoms with Crippen molar-refractivity contribution in [3.63, 3.8) is 0 Å². The Hall–Kier alpha value is -2.40. The van der Waals surface area contributed by atoms with Crippen LogP contribution in [0.2, 0.25) is 0 Å². The average Bonchev–Trinajstić information content (AvgIpc) is 2.81. The molecule has 1 saturated heterocycles. The van der Waals surface area contributed by atoms with Crippen LogP contribution in [0.1, 0.15) is 23.2 Å². The maximum atomic E-state index is 12.7. The number of benzene rings is 2. The van der Waals surface area contributed by atoms with Gasteiger partial charge in [0.25, 0.3) is 5.91 Å². The highest BCUT2D eigenvalue weighted by Crippen LogP contribution is 2.19. The van der Waals surface area contributed by atoms with Crippen molar-refractivity contribution in [2.75, 3.05) is 32.1 Å². The largest absolute Gasteiger partial charge is 0.379 e. The van der Waals surface area contributed by atoms with Crippen molar-refractivity contribution in [2.24, 2.45) is 0 Å². The third-order valence-electron chi connectivity index (χ3n) is 4.58. The van der Waals surface area contributed by atoms with Crippen molar-refractivity contribution in [3.8, 4) is 0 Å². The van der Waals surface area contributed by atoms with Crippen molar-refractivity contribution in [2.45, 2.75) is 22.6 Å². The van der Waals surface area contributed by atoms with Crippen LogP contribution in [0, 0.1) is 0 Å². The molecule has 0 bridgehead atoms. The molecule has 0 aromatic heterocycles. The van der Waals surface area contributed by atoms with Gasteiger partial charge < -0.3 is 4.74 Å². The van der Waals surface area contributed by atoms with Gasteiger partial charge in [0.15, 0.2) is 0 Å². The molecule has 2 aromatic rings. The molecule has 0 unspecified atom stereocenters. The molecule has 166 valence electrons. The number of carbonyl (C=O) groups is 2. The summed E-state index contributed by atoms with van der Waals surface area (Å²) in [6.45, 7) is 1.24. The van der Waals surface area contributed by atoms with Crippen LogP contribution < -0.4 is 10.9 Å². The number of thioether (sulfide) groups is 1. The van der Waals surface area contributed by atoms with Gasteiger partial charge >= 0.3 is 0 Å². The lowest BCUT2D eigenvalue weighted by atomic mass is 10.2. The van der Waals surface area contributed by atoms with E-state index in [1.165, 1.54) is 28.6 Å². The van der Waals surface area contributed by atoms with E-state index in [4.69, 9.17) is 4.74 Å². The normalized spacial score (nSPS) is 14.7. The molecule has 8 nitrogen and oxygen atoms in total. The highest BCUT2D eigenvalue weighted by atomic mass is 32.2. The Bertz CT molecular complexity index is 993.